The van der Waals surface area contributed by atoms with Gasteiger partial charge < -0.3 is 25.6 Å². The number of ketones is 1. The number of likely N-dealkylation sites (tertiary alicyclic amines) is 2. The quantitative estimate of drug-likeness (QED) is 0.291. The molecule has 3 aromatic carbocycles. The number of nitrogens with zero attached hydrogens (tertiary/aromatic N) is 3. The Bertz CT molecular complexity index is 1810. The van der Waals surface area contributed by atoms with E-state index in [1.807, 2.05) is 52.3 Å². The van der Waals surface area contributed by atoms with Crippen molar-refractivity contribution in [3.05, 3.63) is 95.4 Å². The highest BCUT2D eigenvalue weighted by Gasteiger charge is 2.47. The van der Waals surface area contributed by atoms with Crippen LogP contribution in [-0.4, -0.2) is 65.7 Å². The molecule has 0 bridgehead atoms. The molecule has 3 aromatic rings. The summed E-state index contributed by atoms with van der Waals surface area (Å²) >= 11 is 0. The standard InChI is InChI=1S/C40H46FN5O4/c1-39(2)24-31-36(33(47)25-39)37(27-15-16-29(41)34(23-27)50-28-11-5-3-6-12-28)46(32-14-8-7-13-30(32)43-31)26-35(48)44-21-17-40(18-22-44,38(42)49)45-19-9-4-10-20-45/h3,5-8,11-16,23,37,43H,4,9-10,17-22,24-26H2,1-2H3,(H2,42,49). The molecule has 3 N–H and O–H groups in total. The van der Waals surface area contributed by atoms with Crippen LogP contribution in [0, 0.1) is 11.2 Å². The van der Waals surface area contributed by atoms with E-state index >= 15 is 4.39 Å². The fourth-order valence-corrected chi connectivity index (χ4v) is 8.37. The topological polar surface area (TPSA) is 108 Å². The third kappa shape index (κ3) is 6.49. The monoisotopic (exact) mass is 679 g/mol. The van der Waals surface area contributed by atoms with E-state index in [4.69, 9.17) is 10.5 Å². The van der Waals surface area contributed by atoms with E-state index in [0.29, 0.717) is 55.7 Å². The van der Waals surface area contributed by atoms with Gasteiger partial charge in [-0.2, -0.15) is 0 Å². The maximum Gasteiger partial charge on any atom is 0.242 e. The Morgan fingerprint density at radius 3 is 2.34 bits per heavy atom. The molecule has 2 saturated heterocycles. The summed E-state index contributed by atoms with van der Waals surface area (Å²) in [6.07, 6.45) is 5.16. The van der Waals surface area contributed by atoms with Gasteiger partial charge in [-0.1, -0.05) is 56.7 Å². The van der Waals surface area contributed by atoms with Crippen LogP contribution in [0.5, 0.6) is 11.5 Å². The van der Waals surface area contributed by atoms with Crippen LogP contribution in [0.4, 0.5) is 15.8 Å². The molecule has 7 rings (SSSR count). The van der Waals surface area contributed by atoms with Crippen molar-refractivity contribution in [3.63, 3.8) is 0 Å². The van der Waals surface area contributed by atoms with Crippen molar-refractivity contribution < 1.29 is 23.5 Å². The van der Waals surface area contributed by atoms with Crippen LogP contribution < -0.4 is 20.7 Å². The van der Waals surface area contributed by atoms with Gasteiger partial charge in [0.15, 0.2) is 17.3 Å². The molecular formula is C40H46FN5O4. The van der Waals surface area contributed by atoms with Crippen molar-refractivity contribution in [2.24, 2.45) is 11.1 Å². The van der Waals surface area contributed by atoms with E-state index in [0.717, 1.165) is 49.4 Å². The number of hydrogen-bond acceptors (Lipinski definition) is 7. The number of anilines is 2. The molecule has 0 spiro atoms. The zero-order chi connectivity index (χ0) is 35.0. The van der Waals surface area contributed by atoms with Crippen molar-refractivity contribution in [2.45, 2.75) is 70.4 Å². The van der Waals surface area contributed by atoms with Gasteiger partial charge in [0.2, 0.25) is 11.8 Å². The minimum atomic E-state index is -0.747. The molecule has 0 aromatic heterocycles. The number of amides is 2. The Morgan fingerprint density at radius 1 is 0.920 bits per heavy atom. The Balaban J connectivity index is 1.26. The number of carbonyl (C=O) groups excluding carboxylic acids is 3. The van der Waals surface area contributed by atoms with Crippen molar-refractivity contribution >= 4 is 29.0 Å². The number of nitrogens with one attached hydrogen (secondary N) is 1. The minimum absolute atomic E-state index is 0.0143. The molecule has 1 atom stereocenters. The number of ether oxygens (including phenoxy) is 1. The second kappa shape index (κ2) is 13.5. The average molecular weight is 680 g/mol. The van der Waals surface area contributed by atoms with Gasteiger partial charge in [0.05, 0.1) is 24.0 Å². The lowest BCUT2D eigenvalue weighted by molar-refractivity contribution is -0.141. The molecule has 1 unspecified atom stereocenters. The van der Waals surface area contributed by atoms with E-state index in [-0.39, 0.29) is 35.3 Å². The molecule has 4 aliphatic rings. The summed E-state index contributed by atoms with van der Waals surface area (Å²) < 4.78 is 21.3. The number of fused-ring (bicyclic) bond motifs is 1. The first-order chi connectivity index (χ1) is 24.0. The van der Waals surface area contributed by atoms with Crippen LogP contribution in [0.15, 0.2) is 84.1 Å². The van der Waals surface area contributed by atoms with Gasteiger partial charge in [0.25, 0.3) is 0 Å². The average Bonchev–Trinajstić information content (AvgIpc) is 3.24. The zero-order valence-corrected chi connectivity index (χ0v) is 28.9. The van der Waals surface area contributed by atoms with Gasteiger partial charge in [-0.05, 0) is 92.6 Å². The van der Waals surface area contributed by atoms with Gasteiger partial charge in [-0.15, -0.1) is 0 Å². The van der Waals surface area contributed by atoms with Crippen molar-refractivity contribution in [3.8, 4) is 11.5 Å². The smallest absolute Gasteiger partial charge is 0.242 e. The maximum absolute atomic E-state index is 15.3. The lowest BCUT2D eigenvalue weighted by atomic mass is 9.73. The summed E-state index contributed by atoms with van der Waals surface area (Å²) in [5.41, 5.74) is 8.60. The first-order valence-electron chi connectivity index (χ1n) is 17.8. The van der Waals surface area contributed by atoms with Crippen LogP contribution >= 0.6 is 0 Å². The van der Waals surface area contributed by atoms with Crippen LogP contribution in [0.1, 0.15) is 70.4 Å². The Labute approximate surface area is 293 Å². The van der Waals surface area contributed by atoms with E-state index in [9.17, 15) is 14.4 Å². The van der Waals surface area contributed by atoms with E-state index in [2.05, 4.69) is 24.1 Å². The fourth-order valence-electron chi connectivity index (χ4n) is 8.37. The Hall–Kier alpha value is -4.70. The van der Waals surface area contributed by atoms with Crippen LogP contribution in [0.3, 0.4) is 0 Å². The maximum atomic E-state index is 15.3. The number of allylic oxidation sites excluding steroid dienone is 1. The predicted octanol–water partition coefficient (Wildman–Crippen LogP) is 6.57. The number of primary amides is 1. The number of piperidine rings is 2. The Kier molecular flexibility index (Phi) is 9.15. The summed E-state index contributed by atoms with van der Waals surface area (Å²) in [4.78, 5) is 47.5. The lowest BCUT2D eigenvalue weighted by Crippen LogP contribution is -2.64. The second-order valence-corrected chi connectivity index (χ2v) is 14.9. The van der Waals surface area contributed by atoms with E-state index < -0.39 is 17.4 Å². The molecule has 3 aliphatic heterocycles. The number of halogens is 1. The van der Waals surface area contributed by atoms with Crippen LogP contribution in [-0.2, 0) is 14.4 Å². The number of carbonyl (C=O) groups is 3. The van der Waals surface area contributed by atoms with Gasteiger partial charge in [0.1, 0.15) is 11.3 Å². The van der Waals surface area contributed by atoms with Crippen molar-refractivity contribution in [1.82, 2.24) is 9.80 Å². The largest absolute Gasteiger partial charge is 0.454 e. The molecule has 3 heterocycles. The summed E-state index contributed by atoms with van der Waals surface area (Å²) in [5.74, 6) is -0.454. The highest BCUT2D eigenvalue weighted by molar-refractivity contribution is 6.02. The highest BCUT2D eigenvalue weighted by atomic mass is 19.1. The number of nitrogens with two attached hydrogens (primary N) is 1. The first-order valence-corrected chi connectivity index (χ1v) is 17.8. The molecule has 2 amide bonds. The number of rotatable bonds is 7. The summed E-state index contributed by atoms with van der Waals surface area (Å²) in [7, 11) is 0. The number of para-hydroxylation sites is 3. The van der Waals surface area contributed by atoms with Gasteiger partial charge >= 0.3 is 0 Å². The second-order valence-electron chi connectivity index (χ2n) is 14.9. The minimum Gasteiger partial charge on any atom is -0.454 e. The highest BCUT2D eigenvalue weighted by Crippen LogP contribution is 2.49. The van der Waals surface area contributed by atoms with Gasteiger partial charge in [0, 0.05) is 30.8 Å². The normalized spacial score (nSPS) is 21.8. The number of Topliss-reactive ketones (excluding diaryl/α,β-unsaturated/α-hetero) is 1. The molecule has 10 heteroatoms. The third-order valence-corrected chi connectivity index (χ3v) is 10.9. The SMILES string of the molecule is CC1(C)CC(=O)C2=C(C1)Nc1ccccc1N(CC(=O)N1CCC(C(N)=O)(N3CCCCC3)CC1)C2c1ccc(F)c(Oc2ccccc2)c1. The van der Waals surface area contributed by atoms with E-state index in [1.54, 1.807) is 24.3 Å². The van der Waals surface area contributed by atoms with Gasteiger partial charge in [-0.25, -0.2) is 4.39 Å². The molecule has 1 aliphatic carbocycles. The third-order valence-electron chi connectivity index (χ3n) is 10.9. The molecular weight excluding hydrogens is 633 g/mol. The van der Waals surface area contributed by atoms with Crippen LogP contribution in [0.25, 0.3) is 0 Å². The molecule has 0 radical (unpaired) electrons. The predicted molar refractivity (Wildman–Crippen MR) is 191 cm³/mol. The first kappa shape index (κ1) is 33.8. The molecule has 50 heavy (non-hydrogen) atoms. The number of hydrogen-bond donors (Lipinski definition) is 2. The van der Waals surface area contributed by atoms with Crippen molar-refractivity contribution in [1.29, 1.82) is 0 Å². The van der Waals surface area contributed by atoms with E-state index in [1.165, 1.54) is 6.07 Å². The molecule has 9 nitrogen and oxygen atoms in total. The van der Waals surface area contributed by atoms with Gasteiger partial charge in [-0.3, -0.25) is 19.3 Å². The molecule has 2 fully saturated rings. The summed E-state index contributed by atoms with van der Waals surface area (Å²) in [6, 6.07) is 20.8. The summed E-state index contributed by atoms with van der Waals surface area (Å²) in [5, 5.41) is 3.59. The van der Waals surface area contributed by atoms with Crippen molar-refractivity contribution in [2.75, 3.05) is 42.9 Å². The van der Waals surface area contributed by atoms with Crippen LogP contribution in [0.2, 0.25) is 0 Å². The molecule has 262 valence electrons. The Morgan fingerprint density at radius 2 is 1.62 bits per heavy atom. The zero-order valence-electron chi connectivity index (χ0n) is 28.9. The molecule has 0 saturated carbocycles. The summed E-state index contributed by atoms with van der Waals surface area (Å²) in [6.45, 7) is 6.63. The fraction of sp³-hybridized carbons (Fsp3) is 0.425. The number of benzene rings is 3. The lowest BCUT2D eigenvalue weighted by Gasteiger charge is -2.48.